The van der Waals surface area contributed by atoms with Crippen molar-refractivity contribution in [2.75, 3.05) is 5.32 Å². The molecule has 1 aromatic heterocycles. The molecule has 0 spiro atoms. The van der Waals surface area contributed by atoms with Gasteiger partial charge in [0, 0.05) is 4.88 Å². The van der Waals surface area contributed by atoms with Crippen LogP contribution in [0.1, 0.15) is 31.9 Å². The lowest BCUT2D eigenvalue weighted by Gasteiger charge is -2.05. The first-order chi connectivity index (χ1) is 9.88. The fourth-order valence-electron chi connectivity index (χ4n) is 2.15. The van der Waals surface area contributed by atoms with Gasteiger partial charge < -0.3 is 10.4 Å². The quantitative estimate of drug-likeness (QED) is 0.907. The van der Waals surface area contributed by atoms with Crippen molar-refractivity contribution in [1.82, 2.24) is 0 Å². The fourth-order valence-corrected chi connectivity index (χ4v) is 3.22. The van der Waals surface area contributed by atoms with Gasteiger partial charge in [-0.25, -0.2) is 4.79 Å². The Morgan fingerprint density at radius 2 is 1.95 bits per heavy atom. The topological polar surface area (TPSA) is 66.4 Å². The molecule has 0 bridgehead atoms. The second-order valence-electron chi connectivity index (χ2n) is 5.01. The van der Waals surface area contributed by atoms with Gasteiger partial charge >= 0.3 is 5.97 Å². The Morgan fingerprint density at radius 3 is 2.57 bits per heavy atom. The first kappa shape index (κ1) is 15.3. The number of carboxylic acids is 1. The van der Waals surface area contributed by atoms with Crippen LogP contribution in [-0.2, 0) is 11.2 Å². The second kappa shape index (κ2) is 6.10. The van der Waals surface area contributed by atoms with E-state index in [0.29, 0.717) is 10.6 Å². The SMILES string of the molecule is Cc1cccc(CC(=O)Nc2sc(C)c(C)c2C(=O)O)c1. The van der Waals surface area contributed by atoms with E-state index >= 15 is 0 Å². The average molecular weight is 303 g/mol. The zero-order valence-corrected chi connectivity index (χ0v) is 13.0. The van der Waals surface area contributed by atoms with Crippen molar-refractivity contribution in [2.24, 2.45) is 0 Å². The average Bonchev–Trinajstić information content (AvgIpc) is 2.64. The van der Waals surface area contributed by atoms with Gasteiger partial charge in [0.05, 0.1) is 12.0 Å². The number of aromatic carboxylic acids is 1. The van der Waals surface area contributed by atoms with Gasteiger partial charge in [-0.3, -0.25) is 4.79 Å². The number of carboxylic acid groups (broad SMARTS) is 1. The number of nitrogens with one attached hydrogen (secondary N) is 1. The molecule has 0 unspecified atom stereocenters. The van der Waals surface area contributed by atoms with E-state index in [2.05, 4.69) is 5.32 Å². The predicted octanol–water partition coefficient (Wildman–Crippen LogP) is 3.55. The van der Waals surface area contributed by atoms with Crippen LogP contribution in [0.2, 0.25) is 0 Å². The normalized spacial score (nSPS) is 10.4. The highest BCUT2D eigenvalue weighted by molar-refractivity contribution is 7.16. The maximum Gasteiger partial charge on any atom is 0.338 e. The Balaban J connectivity index is 2.17. The van der Waals surface area contributed by atoms with E-state index < -0.39 is 5.97 Å². The maximum absolute atomic E-state index is 12.1. The number of benzene rings is 1. The molecular formula is C16H17NO3S. The summed E-state index contributed by atoms with van der Waals surface area (Å²) in [5.74, 6) is -1.22. The highest BCUT2D eigenvalue weighted by Crippen LogP contribution is 2.32. The first-order valence-corrected chi connectivity index (χ1v) is 7.39. The summed E-state index contributed by atoms with van der Waals surface area (Å²) in [6.45, 7) is 5.57. The molecule has 1 aromatic carbocycles. The molecule has 2 rings (SSSR count). The summed E-state index contributed by atoms with van der Waals surface area (Å²) in [5, 5.41) is 12.4. The van der Waals surface area contributed by atoms with E-state index in [0.717, 1.165) is 16.0 Å². The Bertz CT molecular complexity index is 704. The lowest BCUT2D eigenvalue weighted by atomic mass is 10.1. The lowest BCUT2D eigenvalue weighted by Crippen LogP contribution is -2.15. The summed E-state index contributed by atoms with van der Waals surface area (Å²) < 4.78 is 0. The number of thiophene rings is 1. The minimum Gasteiger partial charge on any atom is -0.478 e. The molecule has 0 aliphatic carbocycles. The third kappa shape index (κ3) is 3.49. The number of hydrogen-bond donors (Lipinski definition) is 2. The van der Waals surface area contributed by atoms with Crippen LogP contribution in [0.4, 0.5) is 5.00 Å². The zero-order valence-electron chi connectivity index (χ0n) is 12.2. The summed E-state index contributed by atoms with van der Waals surface area (Å²) in [4.78, 5) is 24.3. The molecule has 0 aliphatic heterocycles. The van der Waals surface area contributed by atoms with Crippen molar-refractivity contribution in [1.29, 1.82) is 0 Å². The third-order valence-electron chi connectivity index (χ3n) is 3.30. The second-order valence-corrected chi connectivity index (χ2v) is 6.23. The zero-order chi connectivity index (χ0) is 15.6. The number of aryl methyl sites for hydroxylation is 2. The van der Waals surface area contributed by atoms with Crippen molar-refractivity contribution in [3.05, 3.63) is 51.4 Å². The van der Waals surface area contributed by atoms with Crippen molar-refractivity contribution >= 4 is 28.2 Å². The highest BCUT2D eigenvalue weighted by atomic mass is 32.1. The van der Waals surface area contributed by atoms with E-state index in [9.17, 15) is 14.7 Å². The summed E-state index contributed by atoms with van der Waals surface area (Å²) in [6, 6.07) is 7.70. The molecule has 110 valence electrons. The molecule has 21 heavy (non-hydrogen) atoms. The van der Waals surface area contributed by atoms with Crippen LogP contribution in [0, 0.1) is 20.8 Å². The van der Waals surface area contributed by atoms with Gasteiger partial charge in [-0.15, -0.1) is 11.3 Å². The van der Waals surface area contributed by atoms with E-state index in [1.807, 2.05) is 38.1 Å². The monoisotopic (exact) mass is 303 g/mol. The smallest absolute Gasteiger partial charge is 0.338 e. The van der Waals surface area contributed by atoms with Crippen LogP contribution < -0.4 is 5.32 Å². The number of amides is 1. The summed E-state index contributed by atoms with van der Waals surface area (Å²) >= 11 is 1.30. The number of carbonyl (C=O) groups is 2. The minimum absolute atomic E-state index is 0.190. The number of hydrogen-bond acceptors (Lipinski definition) is 3. The molecule has 4 nitrogen and oxygen atoms in total. The van der Waals surface area contributed by atoms with Crippen molar-refractivity contribution in [3.63, 3.8) is 0 Å². The number of carbonyl (C=O) groups excluding carboxylic acids is 1. The Kier molecular flexibility index (Phi) is 4.43. The molecule has 2 N–H and O–H groups in total. The van der Waals surface area contributed by atoms with Crippen LogP contribution in [0.3, 0.4) is 0 Å². The largest absolute Gasteiger partial charge is 0.478 e. The molecule has 0 saturated carbocycles. The van der Waals surface area contributed by atoms with Gasteiger partial charge in [-0.1, -0.05) is 29.8 Å². The van der Waals surface area contributed by atoms with E-state index in [1.165, 1.54) is 11.3 Å². The summed E-state index contributed by atoms with van der Waals surface area (Å²) in [5.41, 5.74) is 2.90. The maximum atomic E-state index is 12.1. The standard InChI is InChI=1S/C16H17NO3S/c1-9-5-4-6-12(7-9)8-13(18)17-15-14(16(19)20)10(2)11(3)21-15/h4-7H,8H2,1-3H3,(H,17,18)(H,19,20). The lowest BCUT2D eigenvalue weighted by molar-refractivity contribution is -0.115. The Hall–Kier alpha value is -2.14. The highest BCUT2D eigenvalue weighted by Gasteiger charge is 2.20. The molecule has 5 heteroatoms. The number of rotatable bonds is 4. The van der Waals surface area contributed by atoms with Crippen LogP contribution in [0.25, 0.3) is 0 Å². The number of anilines is 1. The fraction of sp³-hybridized carbons (Fsp3) is 0.250. The van der Waals surface area contributed by atoms with Crippen LogP contribution in [0.15, 0.2) is 24.3 Å². The predicted molar refractivity (Wildman–Crippen MR) is 84.3 cm³/mol. The van der Waals surface area contributed by atoms with Crippen molar-refractivity contribution in [2.45, 2.75) is 27.2 Å². The molecule has 0 radical (unpaired) electrons. The van der Waals surface area contributed by atoms with Gasteiger partial charge in [0.15, 0.2) is 0 Å². The molecule has 1 amide bonds. The molecule has 0 fully saturated rings. The molecule has 0 aliphatic rings. The van der Waals surface area contributed by atoms with E-state index in [1.54, 1.807) is 6.92 Å². The van der Waals surface area contributed by atoms with Gasteiger partial charge in [0.1, 0.15) is 5.00 Å². The van der Waals surface area contributed by atoms with Crippen molar-refractivity contribution in [3.8, 4) is 0 Å². The molecule has 2 aromatic rings. The Labute approximate surface area is 127 Å². The summed E-state index contributed by atoms with van der Waals surface area (Å²) in [6.07, 6.45) is 0.233. The molecule has 0 saturated heterocycles. The summed E-state index contributed by atoms with van der Waals surface area (Å²) in [7, 11) is 0. The van der Waals surface area contributed by atoms with Crippen LogP contribution in [-0.4, -0.2) is 17.0 Å². The van der Waals surface area contributed by atoms with Gasteiger partial charge in [0.2, 0.25) is 5.91 Å². The third-order valence-corrected chi connectivity index (χ3v) is 4.42. The molecular weight excluding hydrogens is 286 g/mol. The van der Waals surface area contributed by atoms with Gasteiger partial charge in [0.25, 0.3) is 0 Å². The van der Waals surface area contributed by atoms with Crippen LogP contribution in [0.5, 0.6) is 0 Å². The first-order valence-electron chi connectivity index (χ1n) is 6.57. The van der Waals surface area contributed by atoms with Crippen LogP contribution >= 0.6 is 11.3 Å². The van der Waals surface area contributed by atoms with Crippen molar-refractivity contribution < 1.29 is 14.7 Å². The molecule has 0 atom stereocenters. The molecule has 1 heterocycles. The van der Waals surface area contributed by atoms with E-state index in [-0.39, 0.29) is 17.9 Å². The minimum atomic E-state index is -1.01. The van der Waals surface area contributed by atoms with Gasteiger partial charge in [-0.05, 0) is 31.9 Å². The Morgan fingerprint density at radius 1 is 1.24 bits per heavy atom. The van der Waals surface area contributed by atoms with Gasteiger partial charge in [-0.2, -0.15) is 0 Å². The van der Waals surface area contributed by atoms with E-state index in [4.69, 9.17) is 0 Å².